The molecule has 0 amide bonds. The number of aromatic nitrogens is 4. The summed E-state index contributed by atoms with van der Waals surface area (Å²) in [5.74, 6) is -0.530. The van der Waals surface area contributed by atoms with Gasteiger partial charge < -0.3 is 15.6 Å². The number of aliphatic carboxylic acids is 1. The van der Waals surface area contributed by atoms with E-state index < -0.39 is 12.0 Å². The number of benzene rings is 1. The van der Waals surface area contributed by atoms with E-state index in [0.29, 0.717) is 5.75 Å². The predicted molar refractivity (Wildman–Crippen MR) is 63.5 cm³/mol. The molecule has 0 aliphatic rings. The van der Waals surface area contributed by atoms with E-state index in [0.717, 1.165) is 5.56 Å². The van der Waals surface area contributed by atoms with Crippen molar-refractivity contribution in [3.05, 3.63) is 36.2 Å². The molecule has 3 N–H and O–H groups in total. The smallest absolute Gasteiger partial charge is 0.360 e. The van der Waals surface area contributed by atoms with Gasteiger partial charge >= 0.3 is 12.0 Å². The molecule has 0 spiro atoms. The maximum Gasteiger partial charge on any atom is 0.360 e. The van der Waals surface area contributed by atoms with E-state index in [1.54, 1.807) is 24.3 Å². The van der Waals surface area contributed by atoms with Crippen molar-refractivity contribution >= 4 is 5.97 Å². The van der Waals surface area contributed by atoms with Crippen molar-refractivity contribution in [2.24, 2.45) is 5.73 Å². The molecule has 0 bridgehead atoms. The fraction of sp³-hybridized carbons (Fsp3) is 0.182. The molecule has 0 fully saturated rings. The van der Waals surface area contributed by atoms with E-state index in [2.05, 4.69) is 20.4 Å². The van der Waals surface area contributed by atoms with Crippen LogP contribution in [0.15, 0.2) is 30.6 Å². The third kappa shape index (κ3) is 3.68. The van der Waals surface area contributed by atoms with Crippen LogP contribution in [-0.4, -0.2) is 37.5 Å². The highest BCUT2D eigenvalue weighted by atomic mass is 16.5. The Morgan fingerprint density at radius 2 is 1.89 bits per heavy atom. The molecule has 8 nitrogen and oxygen atoms in total. The van der Waals surface area contributed by atoms with Crippen molar-refractivity contribution in [1.29, 1.82) is 0 Å². The minimum Gasteiger partial charge on any atom is -0.480 e. The quantitative estimate of drug-likeness (QED) is 0.771. The van der Waals surface area contributed by atoms with Gasteiger partial charge in [-0.1, -0.05) is 22.3 Å². The first kappa shape index (κ1) is 12.8. The number of carboxylic acid groups (broad SMARTS) is 1. The van der Waals surface area contributed by atoms with Gasteiger partial charge in [-0.25, -0.2) is 0 Å². The molecule has 1 aromatic carbocycles. The molecular formula is C11H11N5O3. The van der Waals surface area contributed by atoms with Crippen LogP contribution in [0, 0.1) is 0 Å². The number of hydrogen-bond donors (Lipinski definition) is 2. The van der Waals surface area contributed by atoms with E-state index in [1.165, 1.54) is 6.33 Å². The average Bonchev–Trinajstić information content (AvgIpc) is 2.42. The van der Waals surface area contributed by atoms with E-state index in [9.17, 15) is 4.79 Å². The summed E-state index contributed by atoms with van der Waals surface area (Å²) in [6.45, 7) is 0. The summed E-state index contributed by atoms with van der Waals surface area (Å²) in [6.07, 6.45) is 1.45. The van der Waals surface area contributed by atoms with Gasteiger partial charge in [0.2, 0.25) is 0 Å². The minimum absolute atomic E-state index is 0.0393. The molecule has 0 radical (unpaired) electrons. The van der Waals surface area contributed by atoms with Crippen LogP contribution in [0.3, 0.4) is 0 Å². The molecule has 0 saturated heterocycles. The zero-order chi connectivity index (χ0) is 13.7. The maximum absolute atomic E-state index is 10.6. The lowest BCUT2D eigenvalue weighted by molar-refractivity contribution is -0.138. The summed E-state index contributed by atoms with van der Waals surface area (Å²) in [7, 11) is 0. The van der Waals surface area contributed by atoms with Gasteiger partial charge in [0.25, 0.3) is 0 Å². The molecular weight excluding hydrogens is 250 g/mol. The third-order valence-electron chi connectivity index (χ3n) is 2.30. The van der Waals surface area contributed by atoms with Crippen molar-refractivity contribution in [2.75, 3.05) is 0 Å². The highest BCUT2D eigenvalue weighted by molar-refractivity contribution is 5.73. The van der Waals surface area contributed by atoms with Crippen molar-refractivity contribution < 1.29 is 14.6 Å². The number of nitrogens with zero attached hydrogens (tertiary/aromatic N) is 4. The van der Waals surface area contributed by atoms with Gasteiger partial charge in [-0.2, -0.15) is 0 Å². The fourth-order valence-corrected chi connectivity index (χ4v) is 1.37. The van der Waals surface area contributed by atoms with Crippen LogP contribution in [0.2, 0.25) is 0 Å². The second kappa shape index (κ2) is 5.83. The van der Waals surface area contributed by atoms with Gasteiger partial charge in [-0.15, -0.1) is 10.2 Å². The minimum atomic E-state index is -1.03. The van der Waals surface area contributed by atoms with Gasteiger partial charge in [-0.3, -0.25) is 4.79 Å². The summed E-state index contributed by atoms with van der Waals surface area (Å²) in [5.41, 5.74) is 6.24. The van der Waals surface area contributed by atoms with Gasteiger partial charge in [0, 0.05) is 0 Å². The highest BCUT2D eigenvalue weighted by Crippen LogP contribution is 2.17. The van der Waals surface area contributed by atoms with Crippen LogP contribution in [0.25, 0.3) is 0 Å². The summed E-state index contributed by atoms with van der Waals surface area (Å²) in [5, 5.41) is 23.0. The highest BCUT2D eigenvalue weighted by Gasteiger charge is 2.12. The van der Waals surface area contributed by atoms with Crippen molar-refractivity contribution in [2.45, 2.75) is 12.5 Å². The van der Waals surface area contributed by atoms with Crippen molar-refractivity contribution in [3.63, 3.8) is 0 Å². The van der Waals surface area contributed by atoms with Crippen LogP contribution in [0.1, 0.15) is 5.56 Å². The molecule has 8 heteroatoms. The van der Waals surface area contributed by atoms with Gasteiger partial charge in [-0.05, 0) is 24.1 Å². The summed E-state index contributed by atoms with van der Waals surface area (Å²) < 4.78 is 5.29. The molecule has 1 atom stereocenters. The van der Waals surface area contributed by atoms with Crippen molar-refractivity contribution in [1.82, 2.24) is 20.4 Å². The Balaban J connectivity index is 2.01. The van der Waals surface area contributed by atoms with Crippen molar-refractivity contribution in [3.8, 4) is 11.8 Å². The van der Waals surface area contributed by atoms with Crippen LogP contribution in [0.5, 0.6) is 11.8 Å². The monoisotopic (exact) mass is 261 g/mol. The third-order valence-corrected chi connectivity index (χ3v) is 2.30. The zero-order valence-electron chi connectivity index (χ0n) is 9.80. The Bertz CT molecular complexity index is 546. The number of ether oxygens (including phenoxy) is 1. The first-order chi connectivity index (χ1) is 9.15. The van der Waals surface area contributed by atoms with Crippen LogP contribution in [-0.2, 0) is 11.2 Å². The number of carboxylic acids is 1. The molecule has 19 heavy (non-hydrogen) atoms. The van der Waals surface area contributed by atoms with Crippen LogP contribution in [0.4, 0.5) is 0 Å². The zero-order valence-corrected chi connectivity index (χ0v) is 9.80. The first-order valence-corrected chi connectivity index (χ1v) is 5.40. The Kier molecular flexibility index (Phi) is 3.94. The molecule has 1 unspecified atom stereocenters. The molecule has 0 saturated carbocycles. The Hall–Kier alpha value is -2.61. The topological polar surface area (TPSA) is 124 Å². The standard InChI is InChI=1S/C11H11N5O3/c12-9(10(17)18)5-7-1-3-8(4-2-7)19-11-15-13-6-14-16-11/h1-4,6,9H,5,12H2,(H,17,18). The van der Waals surface area contributed by atoms with Crippen LogP contribution < -0.4 is 10.5 Å². The first-order valence-electron chi connectivity index (χ1n) is 5.40. The Labute approximate surface area is 108 Å². The van der Waals surface area contributed by atoms with E-state index in [4.69, 9.17) is 15.6 Å². The second-order valence-electron chi connectivity index (χ2n) is 3.72. The number of rotatable bonds is 5. The molecule has 0 aliphatic heterocycles. The normalized spacial score (nSPS) is 11.8. The molecule has 1 aromatic heterocycles. The lowest BCUT2D eigenvalue weighted by atomic mass is 10.1. The fourth-order valence-electron chi connectivity index (χ4n) is 1.37. The maximum atomic E-state index is 10.6. The SMILES string of the molecule is NC(Cc1ccc(Oc2nncnn2)cc1)C(=O)O. The van der Waals surface area contributed by atoms with E-state index in [1.807, 2.05) is 0 Å². The van der Waals surface area contributed by atoms with Gasteiger partial charge in [0.05, 0.1) is 0 Å². The number of carbonyl (C=O) groups is 1. The summed E-state index contributed by atoms with van der Waals surface area (Å²) >= 11 is 0. The lowest BCUT2D eigenvalue weighted by Crippen LogP contribution is -2.32. The Morgan fingerprint density at radius 3 is 2.47 bits per heavy atom. The summed E-state index contributed by atoms with van der Waals surface area (Å²) in [4.78, 5) is 10.6. The van der Waals surface area contributed by atoms with Crippen LogP contribution >= 0.6 is 0 Å². The lowest BCUT2D eigenvalue weighted by Gasteiger charge is -2.07. The number of nitrogens with two attached hydrogens (primary N) is 1. The second-order valence-corrected chi connectivity index (χ2v) is 3.72. The molecule has 2 rings (SSSR count). The molecule has 98 valence electrons. The van der Waals surface area contributed by atoms with Gasteiger partial charge in [0.1, 0.15) is 11.8 Å². The molecule has 2 aromatic rings. The van der Waals surface area contributed by atoms with E-state index >= 15 is 0 Å². The Morgan fingerprint density at radius 1 is 1.26 bits per heavy atom. The molecule has 0 aliphatic carbocycles. The molecule has 1 heterocycles. The predicted octanol–water partition coefficient (Wildman–Crippen LogP) is 0.0133. The van der Waals surface area contributed by atoms with E-state index in [-0.39, 0.29) is 12.4 Å². The largest absolute Gasteiger partial charge is 0.480 e. The number of hydrogen-bond acceptors (Lipinski definition) is 7. The summed E-state index contributed by atoms with van der Waals surface area (Å²) in [6, 6.07) is 5.90. The van der Waals surface area contributed by atoms with Gasteiger partial charge in [0.15, 0.2) is 6.33 Å². The average molecular weight is 261 g/mol.